The zero-order valence-corrected chi connectivity index (χ0v) is 19.0. The molecule has 0 unspecified atom stereocenters. The Morgan fingerprint density at radius 2 is 1.67 bits per heavy atom. The number of rotatable bonds is 11. The van der Waals surface area contributed by atoms with Crippen molar-refractivity contribution in [1.29, 1.82) is 0 Å². The van der Waals surface area contributed by atoms with Crippen molar-refractivity contribution in [2.75, 3.05) is 20.2 Å². The van der Waals surface area contributed by atoms with Gasteiger partial charge in [-0.3, -0.25) is 9.97 Å². The summed E-state index contributed by atoms with van der Waals surface area (Å²) in [5, 5.41) is 7.10. The molecule has 1 saturated carbocycles. The Kier molecular flexibility index (Phi) is 8.79. The van der Waals surface area contributed by atoms with Crippen molar-refractivity contribution in [1.82, 2.24) is 20.6 Å². The van der Waals surface area contributed by atoms with Crippen LogP contribution in [0.1, 0.15) is 73.0 Å². The zero-order chi connectivity index (χ0) is 21.2. The summed E-state index contributed by atoms with van der Waals surface area (Å²) in [6.07, 6.45) is 12.1. The van der Waals surface area contributed by atoms with Crippen LogP contribution in [-0.2, 0) is 23.4 Å². The lowest BCUT2D eigenvalue weighted by atomic mass is 9.78. The molecule has 164 valence electrons. The average molecular weight is 411 g/mol. The van der Waals surface area contributed by atoms with E-state index >= 15 is 0 Å². The molecule has 3 rings (SSSR count). The van der Waals surface area contributed by atoms with Crippen LogP contribution in [0.3, 0.4) is 0 Å². The van der Waals surface area contributed by atoms with E-state index < -0.39 is 0 Å². The lowest BCUT2D eigenvalue weighted by Crippen LogP contribution is -2.33. The zero-order valence-electron chi connectivity index (χ0n) is 19.0. The lowest BCUT2D eigenvalue weighted by Gasteiger charge is -2.37. The summed E-state index contributed by atoms with van der Waals surface area (Å²) < 4.78 is 6.05. The van der Waals surface area contributed by atoms with Gasteiger partial charge in [0.2, 0.25) is 0 Å². The second-order valence-electron chi connectivity index (χ2n) is 8.59. The normalized spacial score (nSPS) is 16.0. The highest BCUT2D eigenvalue weighted by Crippen LogP contribution is 2.40. The van der Waals surface area contributed by atoms with Gasteiger partial charge in [0.15, 0.2) is 0 Å². The Labute approximate surface area is 182 Å². The molecule has 0 spiro atoms. The second-order valence-corrected chi connectivity index (χ2v) is 8.59. The Morgan fingerprint density at radius 1 is 0.967 bits per heavy atom. The fraction of sp³-hybridized carbons (Fsp3) is 0.600. The molecule has 5 nitrogen and oxygen atoms in total. The van der Waals surface area contributed by atoms with Gasteiger partial charge in [0.1, 0.15) is 0 Å². The van der Waals surface area contributed by atoms with Gasteiger partial charge >= 0.3 is 0 Å². The van der Waals surface area contributed by atoms with E-state index in [-0.39, 0.29) is 5.60 Å². The third-order valence-electron chi connectivity index (χ3n) is 6.30. The van der Waals surface area contributed by atoms with Crippen LogP contribution in [-0.4, -0.2) is 30.2 Å². The summed E-state index contributed by atoms with van der Waals surface area (Å²) in [5.74, 6) is 0. The molecule has 2 N–H and O–H groups in total. The van der Waals surface area contributed by atoms with Crippen molar-refractivity contribution >= 4 is 0 Å². The fourth-order valence-electron chi connectivity index (χ4n) is 4.54. The number of hydrogen-bond donors (Lipinski definition) is 2. The van der Waals surface area contributed by atoms with Crippen LogP contribution in [0, 0.1) is 13.8 Å². The number of methoxy groups -OCH3 is 1. The summed E-state index contributed by atoms with van der Waals surface area (Å²) in [6.45, 7) is 7.88. The summed E-state index contributed by atoms with van der Waals surface area (Å²) in [6, 6.07) is 6.45. The minimum atomic E-state index is -0.143. The Hall–Kier alpha value is -1.82. The summed E-state index contributed by atoms with van der Waals surface area (Å²) in [4.78, 5) is 9.21. The molecule has 0 radical (unpaired) electrons. The Bertz CT molecular complexity index is 786. The standard InChI is InChI=1S/C25H38N4O/c1-20-16-21(2)23(29-17-20)18-26-13-7-8-14-27-19-24-22(10-9-15-28-24)25(30-3)11-5-4-6-12-25/h9-10,15-17,26-27H,4-8,11-14,18-19H2,1-3H3. The molecule has 1 aliphatic rings. The number of ether oxygens (including phenoxy) is 1. The third kappa shape index (κ3) is 6.10. The number of pyridine rings is 2. The highest BCUT2D eigenvalue weighted by Gasteiger charge is 2.35. The van der Waals surface area contributed by atoms with Crippen LogP contribution in [0.15, 0.2) is 30.6 Å². The van der Waals surface area contributed by atoms with Gasteiger partial charge in [-0.25, -0.2) is 0 Å². The minimum Gasteiger partial charge on any atom is -0.373 e. The Balaban J connectivity index is 1.38. The molecule has 2 heterocycles. The van der Waals surface area contributed by atoms with Gasteiger partial charge < -0.3 is 15.4 Å². The molecule has 0 aliphatic heterocycles. The third-order valence-corrected chi connectivity index (χ3v) is 6.30. The van der Waals surface area contributed by atoms with E-state index in [4.69, 9.17) is 4.74 Å². The molecule has 0 aromatic carbocycles. The van der Waals surface area contributed by atoms with Crippen molar-refractivity contribution in [3.8, 4) is 0 Å². The van der Waals surface area contributed by atoms with Crippen LogP contribution in [0.2, 0.25) is 0 Å². The molecule has 0 amide bonds. The van der Waals surface area contributed by atoms with Crippen molar-refractivity contribution in [2.24, 2.45) is 0 Å². The maximum atomic E-state index is 6.05. The predicted molar refractivity (Wildman–Crippen MR) is 122 cm³/mol. The largest absolute Gasteiger partial charge is 0.373 e. The Morgan fingerprint density at radius 3 is 2.33 bits per heavy atom. The van der Waals surface area contributed by atoms with Gasteiger partial charge in [-0.1, -0.05) is 31.4 Å². The van der Waals surface area contributed by atoms with Crippen LogP contribution in [0.4, 0.5) is 0 Å². The monoisotopic (exact) mass is 410 g/mol. The van der Waals surface area contributed by atoms with E-state index in [2.05, 4.69) is 46.6 Å². The van der Waals surface area contributed by atoms with Gasteiger partial charge in [-0.05, 0) is 69.8 Å². The quantitative estimate of drug-likeness (QED) is 0.532. The second kappa shape index (κ2) is 11.5. The molecule has 5 heteroatoms. The van der Waals surface area contributed by atoms with Gasteiger partial charge in [0.05, 0.1) is 17.0 Å². The molecule has 1 fully saturated rings. The van der Waals surface area contributed by atoms with Crippen LogP contribution >= 0.6 is 0 Å². The molecular formula is C25H38N4O. The summed E-state index contributed by atoms with van der Waals surface area (Å²) in [7, 11) is 1.86. The molecule has 1 aliphatic carbocycles. The average Bonchev–Trinajstić information content (AvgIpc) is 2.77. The highest BCUT2D eigenvalue weighted by molar-refractivity contribution is 5.28. The summed E-state index contributed by atoms with van der Waals surface area (Å²) in [5.41, 5.74) is 5.91. The maximum Gasteiger partial charge on any atom is 0.0945 e. The van der Waals surface area contributed by atoms with Crippen molar-refractivity contribution in [3.05, 3.63) is 58.7 Å². The van der Waals surface area contributed by atoms with E-state index in [1.807, 2.05) is 25.6 Å². The highest BCUT2D eigenvalue weighted by atomic mass is 16.5. The molecule has 0 atom stereocenters. The number of nitrogens with zero attached hydrogens (tertiary/aromatic N) is 2. The SMILES string of the molecule is COC1(c2cccnc2CNCCCCNCc2ncc(C)cc2C)CCCCC1. The first kappa shape index (κ1) is 22.9. The molecule has 30 heavy (non-hydrogen) atoms. The first-order chi connectivity index (χ1) is 14.6. The van der Waals surface area contributed by atoms with Crippen molar-refractivity contribution in [3.63, 3.8) is 0 Å². The number of aromatic nitrogens is 2. The molecule has 0 saturated heterocycles. The number of hydrogen-bond acceptors (Lipinski definition) is 5. The van der Waals surface area contributed by atoms with Crippen LogP contribution < -0.4 is 10.6 Å². The molecule has 2 aromatic heterocycles. The van der Waals surface area contributed by atoms with Gasteiger partial charge in [0, 0.05) is 38.2 Å². The topological polar surface area (TPSA) is 59.1 Å². The number of aryl methyl sites for hydroxylation is 2. The van der Waals surface area contributed by atoms with E-state index in [1.165, 1.54) is 36.0 Å². The van der Waals surface area contributed by atoms with Gasteiger partial charge in [0.25, 0.3) is 0 Å². The van der Waals surface area contributed by atoms with Crippen molar-refractivity contribution < 1.29 is 4.74 Å². The lowest BCUT2D eigenvalue weighted by molar-refractivity contribution is -0.0455. The smallest absolute Gasteiger partial charge is 0.0945 e. The van der Waals surface area contributed by atoms with Crippen molar-refractivity contribution in [2.45, 2.75) is 77.5 Å². The van der Waals surface area contributed by atoms with E-state index in [0.29, 0.717) is 0 Å². The molecular weight excluding hydrogens is 372 g/mol. The number of nitrogens with one attached hydrogen (secondary N) is 2. The van der Waals surface area contributed by atoms with Gasteiger partial charge in [-0.2, -0.15) is 0 Å². The first-order valence-electron chi connectivity index (χ1n) is 11.5. The van der Waals surface area contributed by atoms with E-state index in [0.717, 1.165) is 63.3 Å². The van der Waals surface area contributed by atoms with Crippen LogP contribution in [0.25, 0.3) is 0 Å². The predicted octanol–water partition coefficient (Wildman–Crippen LogP) is 4.56. The first-order valence-corrected chi connectivity index (χ1v) is 11.5. The fourth-order valence-corrected chi connectivity index (χ4v) is 4.54. The molecule has 0 bridgehead atoms. The van der Waals surface area contributed by atoms with Crippen LogP contribution in [0.5, 0.6) is 0 Å². The minimum absolute atomic E-state index is 0.143. The van der Waals surface area contributed by atoms with E-state index in [9.17, 15) is 0 Å². The molecule has 2 aromatic rings. The maximum absolute atomic E-state index is 6.05. The summed E-state index contributed by atoms with van der Waals surface area (Å²) >= 11 is 0. The van der Waals surface area contributed by atoms with E-state index in [1.54, 1.807) is 0 Å². The number of unbranched alkanes of at least 4 members (excludes halogenated alkanes) is 1. The van der Waals surface area contributed by atoms with Gasteiger partial charge in [-0.15, -0.1) is 0 Å².